The van der Waals surface area contributed by atoms with Gasteiger partial charge in [0.25, 0.3) is 0 Å². The summed E-state index contributed by atoms with van der Waals surface area (Å²) in [4.78, 5) is 4.77. The van der Waals surface area contributed by atoms with E-state index in [1.165, 1.54) is 88.7 Å². The SMILES string of the molecule is C1=NCCC2=C1c1ccc(-c3ccc4c5c(cccc35)-c3ccccc3-4)cc1C21c2ccccc2-c2ccccc21. The van der Waals surface area contributed by atoms with Gasteiger partial charge in [-0.2, -0.15) is 0 Å². The lowest BCUT2D eigenvalue weighted by Gasteiger charge is -2.33. The first kappa shape index (κ1) is 21.8. The van der Waals surface area contributed by atoms with Crippen molar-refractivity contribution in [2.24, 2.45) is 4.99 Å². The topological polar surface area (TPSA) is 12.4 Å². The average molecular weight is 520 g/mol. The molecule has 0 saturated heterocycles. The van der Waals surface area contributed by atoms with Crippen molar-refractivity contribution in [2.45, 2.75) is 11.8 Å². The lowest BCUT2D eigenvalue weighted by molar-refractivity contribution is 0.715. The molecule has 1 heteroatoms. The van der Waals surface area contributed by atoms with Crippen molar-refractivity contribution < 1.29 is 0 Å². The molecule has 0 atom stereocenters. The van der Waals surface area contributed by atoms with E-state index in [0.717, 1.165) is 13.0 Å². The zero-order valence-electron chi connectivity index (χ0n) is 22.5. The van der Waals surface area contributed by atoms with E-state index in [1.54, 1.807) is 0 Å². The van der Waals surface area contributed by atoms with Gasteiger partial charge in [-0.15, -0.1) is 0 Å². The van der Waals surface area contributed by atoms with Crippen LogP contribution in [-0.2, 0) is 5.41 Å². The van der Waals surface area contributed by atoms with Crippen LogP contribution in [0.1, 0.15) is 28.7 Å². The molecule has 10 rings (SSSR count). The molecule has 4 aliphatic rings. The number of hydrogen-bond acceptors (Lipinski definition) is 1. The molecule has 0 aromatic heterocycles. The summed E-state index contributed by atoms with van der Waals surface area (Å²) in [5, 5.41) is 2.71. The molecule has 0 saturated carbocycles. The molecular weight excluding hydrogens is 494 g/mol. The predicted octanol–water partition coefficient (Wildman–Crippen LogP) is 9.71. The minimum absolute atomic E-state index is 0.272. The van der Waals surface area contributed by atoms with Gasteiger partial charge in [-0.25, -0.2) is 0 Å². The first-order chi connectivity index (χ1) is 20.4. The summed E-state index contributed by atoms with van der Waals surface area (Å²) in [6, 6.07) is 45.7. The number of benzene rings is 6. The Kier molecular flexibility index (Phi) is 4.03. The number of dihydropyridines is 1. The van der Waals surface area contributed by atoms with E-state index in [9.17, 15) is 0 Å². The van der Waals surface area contributed by atoms with Crippen molar-refractivity contribution in [3.05, 3.63) is 149 Å². The van der Waals surface area contributed by atoms with Gasteiger partial charge in [0.15, 0.2) is 0 Å². The Morgan fingerprint density at radius 3 is 1.85 bits per heavy atom. The smallest absolute Gasteiger partial charge is 0.0689 e. The van der Waals surface area contributed by atoms with Gasteiger partial charge < -0.3 is 0 Å². The zero-order chi connectivity index (χ0) is 26.7. The number of nitrogens with zero attached hydrogens (tertiary/aromatic N) is 1. The Labute approximate surface area is 239 Å². The molecule has 1 spiro atoms. The molecule has 0 amide bonds. The van der Waals surface area contributed by atoms with Gasteiger partial charge in [0.05, 0.1) is 5.41 Å². The predicted molar refractivity (Wildman–Crippen MR) is 170 cm³/mol. The van der Waals surface area contributed by atoms with Gasteiger partial charge in [-0.3, -0.25) is 4.99 Å². The van der Waals surface area contributed by atoms with Crippen LogP contribution in [0.2, 0.25) is 0 Å². The molecule has 0 N–H and O–H groups in total. The number of rotatable bonds is 1. The summed E-state index contributed by atoms with van der Waals surface area (Å²) in [7, 11) is 0. The highest BCUT2D eigenvalue weighted by molar-refractivity contribution is 6.19. The standard InChI is InChI=1S/C40H25N/c1-2-9-27-26(8-1)32-13-7-12-31-25(18-19-33(27)39(31)32)24-16-17-30-34-23-41-21-20-37(34)40(38(30)22-24)35-14-5-3-10-28(35)29-11-4-6-15-36(29)40/h1-19,22-23H,20-21H2. The van der Waals surface area contributed by atoms with E-state index in [-0.39, 0.29) is 5.41 Å². The number of fused-ring (bicyclic) bond motifs is 12. The lowest BCUT2D eigenvalue weighted by atomic mass is 9.68. The summed E-state index contributed by atoms with van der Waals surface area (Å²) in [5.41, 5.74) is 18.8. The molecule has 41 heavy (non-hydrogen) atoms. The third-order valence-corrected chi connectivity index (χ3v) is 10.0. The second-order valence-corrected chi connectivity index (χ2v) is 11.7. The Hall–Kier alpha value is -5.01. The van der Waals surface area contributed by atoms with Crippen LogP contribution in [-0.4, -0.2) is 12.8 Å². The van der Waals surface area contributed by atoms with Crippen LogP contribution in [0.15, 0.2) is 132 Å². The number of aliphatic imine (C=N–C) groups is 1. The Morgan fingerprint density at radius 2 is 1.10 bits per heavy atom. The Bertz CT molecular complexity index is 2130. The van der Waals surface area contributed by atoms with Crippen molar-refractivity contribution in [3.8, 4) is 44.5 Å². The van der Waals surface area contributed by atoms with Crippen LogP contribution in [0.25, 0.3) is 60.9 Å². The fourth-order valence-electron chi connectivity index (χ4n) is 8.50. The normalized spacial score (nSPS) is 16.1. The molecule has 1 heterocycles. The van der Waals surface area contributed by atoms with E-state index in [4.69, 9.17) is 4.99 Å². The third-order valence-electron chi connectivity index (χ3n) is 10.0. The van der Waals surface area contributed by atoms with Crippen molar-refractivity contribution in [2.75, 3.05) is 6.54 Å². The largest absolute Gasteiger partial charge is 0.292 e. The second-order valence-electron chi connectivity index (χ2n) is 11.7. The summed E-state index contributed by atoms with van der Waals surface area (Å²) in [6.07, 6.45) is 3.13. The number of hydrogen-bond donors (Lipinski definition) is 0. The van der Waals surface area contributed by atoms with Gasteiger partial charge >= 0.3 is 0 Å². The summed E-state index contributed by atoms with van der Waals surface area (Å²) in [5.74, 6) is 0. The molecule has 1 nitrogen and oxygen atoms in total. The fourth-order valence-corrected chi connectivity index (χ4v) is 8.50. The first-order valence-corrected chi connectivity index (χ1v) is 14.6. The third kappa shape index (κ3) is 2.52. The quantitative estimate of drug-likeness (QED) is 0.205. The molecule has 0 unspecified atom stereocenters. The molecule has 190 valence electrons. The molecular formula is C40H25N. The molecule has 0 fully saturated rings. The van der Waals surface area contributed by atoms with Crippen molar-refractivity contribution in [1.29, 1.82) is 0 Å². The van der Waals surface area contributed by atoms with E-state index in [2.05, 4.69) is 128 Å². The Morgan fingerprint density at radius 1 is 0.488 bits per heavy atom. The maximum atomic E-state index is 4.77. The maximum absolute atomic E-state index is 4.77. The molecule has 1 aliphatic heterocycles. The van der Waals surface area contributed by atoms with Gasteiger partial charge in [0.1, 0.15) is 0 Å². The van der Waals surface area contributed by atoms with Crippen molar-refractivity contribution >= 4 is 22.6 Å². The van der Waals surface area contributed by atoms with Gasteiger partial charge in [-0.1, -0.05) is 115 Å². The van der Waals surface area contributed by atoms with E-state index in [1.807, 2.05) is 0 Å². The van der Waals surface area contributed by atoms with Crippen molar-refractivity contribution in [3.63, 3.8) is 0 Å². The van der Waals surface area contributed by atoms with Crippen LogP contribution in [0, 0.1) is 0 Å². The highest BCUT2D eigenvalue weighted by Gasteiger charge is 2.52. The highest BCUT2D eigenvalue weighted by atomic mass is 14.7. The Balaban J connectivity index is 1.27. The van der Waals surface area contributed by atoms with Crippen molar-refractivity contribution in [1.82, 2.24) is 0 Å². The van der Waals surface area contributed by atoms with Crippen LogP contribution < -0.4 is 0 Å². The molecule has 6 aromatic carbocycles. The molecule has 3 aliphatic carbocycles. The molecule has 0 radical (unpaired) electrons. The summed E-state index contributed by atoms with van der Waals surface area (Å²) < 4.78 is 0. The summed E-state index contributed by atoms with van der Waals surface area (Å²) >= 11 is 0. The van der Waals surface area contributed by atoms with Gasteiger partial charge in [-0.05, 0) is 95.6 Å². The van der Waals surface area contributed by atoms with E-state index >= 15 is 0 Å². The van der Waals surface area contributed by atoms with Gasteiger partial charge in [0.2, 0.25) is 0 Å². The second kappa shape index (κ2) is 7.59. The zero-order valence-corrected chi connectivity index (χ0v) is 22.5. The minimum atomic E-state index is -0.272. The summed E-state index contributed by atoms with van der Waals surface area (Å²) in [6.45, 7) is 0.848. The monoisotopic (exact) mass is 519 g/mol. The van der Waals surface area contributed by atoms with Gasteiger partial charge in [0, 0.05) is 18.3 Å². The maximum Gasteiger partial charge on any atom is 0.0689 e. The fraction of sp³-hybridized carbons (Fsp3) is 0.0750. The van der Waals surface area contributed by atoms with Crippen LogP contribution in [0.3, 0.4) is 0 Å². The van der Waals surface area contributed by atoms with Crippen LogP contribution in [0.5, 0.6) is 0 Å². The number of allylic oxidation sites excluding steroid dienone is 1. The lowest BCUT2D eigenvalue weighted by Crippen LogP contribution is -2.28. The van der Waals surface area contributed by atoms with Crippen LogP contribution in [0.4, 0.5) is 0 Å². The van der Waals surface area contributed by atoms with Crippen LogP contribution >= 0.6 is 0 Å². The minimum Gasteiger partial charge on any atom is -0.292 e. The average Bonchev–Trinajstić information content (AvgIpc) is 3.64. The first-order valence-electron chi connectivity index (χ1n) is 14.6. The van der Waals surface area contributed by atoms with E-state index in [0.29, 0.717) is 0 Å². The molecule has 0 bridgehead atoms. The molecule has 6 aromatic rings. The highest BCUT2D eigenvalue weighted by Crippen LogP contribution is 2.63. The van der Waals surface area contributed by atoms with E-state index < -0.39 is 0 Å².